The second kappa shape index (κ2) is 5.02. The molecule has 0 saturated heterocycles. The first kappa shape index (κ1) is 11.8. The molecular formula is C10H15N3OS. The third-order valence-corrected chi connectivity index (χ3v) is 3.32. The van der Waals surface area contributed by atoms with Crippen LogP contribution in [0.4, 0.5) is 5.69 Å². The Morgan fingerprint density at radius 2 is 2.27 bits per heavy atom. The third kappa shape index (κ3) is 3.13. The number of nitrogen functional groups attached to an aromatic ring is 1. The Morgan fingerprint density at radius 3 is 2.80 bits per heavy atom. The van der Waals surface area contributed by atoms with Crippen molar-refractivity contribution in [2.45, 2.75) is 30.5 Å². The van der Waals surface area contributed by atoms with E-state index in [1.54, 1.807) is 23.9 Å². The predicted molar refractivity (Wildman–Crippen MR) is 62.8 cm³/mol. The van der Waals surface area contributed by atoms with Gasteiger partial charge in [0, 0.05) is 5.25 Å². The second-order valence-corrected chi connectivity index (χ2v) is 4.72. The molecule has 4 N–H and O–H groups in total. The highest BCUT2D eigenvalue weighted by Crippen LogP contribution is 2.28. The van der Waals surface area contributed by atoms with Crippen molar-refractivity contribution in [3.63, 3.8) is 0 Å². The molecule has 1 unspecified atom stereocenters. The van der Waals surface area contributed by atoms with Gasteiger partial charge in [0.15, 0.2) is 0 Å². The fourth-order valence-electron chi connectivity index (χ4n) is 0.957. The van der Waals surface area contributed by atoms with Crippen LogP contribution in [0.3, 0.4) is 0 Å². The molecule has 1 amide bonds. The SMILES string of the molecule is CCC(C)Sc1nc(C(N)=O)ccc1N. The fraction of sp³-hybridized carbons (Fsp3) is 0.400. The average molecular weight is 225 g/mol. The minimum atomic E-state index is -0.527. The molecule has 0 aliphatic heterocycles. The molecule has 5 heteroatoms. The van der Waals surface area contributed by atoms with Crippen molar-refractivity contribution in [1.82, 2.24) is 4.98 Å². The van der Waals surface area contributed by atoms with Gasteiger partial charge < -0.3 is 11.5 Å². The Morgan fingerprint density at radius 1 is 1.60 bits per heavy atom. The molecule has 0 saturated carbocycles. The van der Waals surface area contributed by atoms with Gasteiger partial charge in [0.05, 0.1) is 5.69 Å². The number of thioether (sulfide) groups is 1. The van der Waals surface area contributed by atoms with E-state index in [0.29, 0.717) is 16.0 Å². The van der Waals surface area contributed by atoms with E-state index in [4.69, 9.17) is 11.5 Å². The van der Waals surface area contributed by atoms with E-state index >= 15 is 0 Å². The Labute approximate surface area is 93.4 Å². The largest absolute Gasteiger partial charge is 0.397 e. The third-order valence-electron chi connectivity index (χ3n) is 2.03. The van der Waals surface area contributed by atoms with E-state index in [-0.39, 0.29) is 5.69 Å². The second-order valence-electron chi connectivity index (χ2n) is 3.29. The number of carbonyl (C=O) groups is 1. The summed E-state index contributed by atoms with van der Waals surface area (Å²) >= 11 is 1.56. The van der Waals surface area contributed by atoms with Crippen molar-refractivity contribution < 1.29 is 4.79 Å². The molecular weight excluding hydrogens is 210 g/mol. The van der Waals surface area contributed by atoms with Gasteiger partial charge in [-0.05, 0) is 18.6 Å². The quantitative estimate of drug-likeness (QED) is 0.763. The number of carbonyl (C=O) groups excluding carboxylic acids is 1. The number of pyridine rings is 1. The van der Waals surface area contributed by atoms with Crippen molar-refractivity contribution >= 4 is 23.4 Å². The van der Waals surface area contributed by atoms with Crippen LogP contribution in [0.1, 0.15) is 30.8 Å². The van der Waals surface area contributed by atoms with Crippen molar-refractivity contribution in [2.75, 3.05) is 5.73 Å². The number of rotatable bonds is 4. The fourth-order valence-corrected chi connectivity index (χ4v) is 1.86. The number of nitrogens with two attached hydrogens (primary N) is 2. The van der Waals surface area contributed by atoms with Crippen LogP contribution in [-0.2, 0) is 0 Å². The van der Waals surface area contributed by atoms with Gasteiger partial charge in [-0.3, -0.25) is 4.79 Å². The first-order valence-electron chi connectivity index (χ1n) is 4.77. The summed E-state index contributed by atoms with van der Waals surface area (Å²) in [6, 6.07) is 3.20. The maximum absolute atomic E-state index is 10.9. The minimum absolute atomic E-state index is 0.259. The van der Waals surface area contributed by atoms with E-state index in [9.17, 15) is 4.79 Å². The zero-order chi connectivity index (χ0) is 11.4. The topological polar surface area (TPSA) is 82.0 Å². The molecule has 1 aromatic heterocycles. The van der Waals surface area contributed by atoms with Crippen molar-refractivity contribution in [3.05, 3.63) is 17.8 Å². The Bertz CT molecular complexity index is 368. The van der Waals surface area contributed by atoms with Crippen LogP contribution >= 0.6 is 11.8 Å². The van der Waals surface area contributed by atoms with Crippen LogP contribution in [0.25, 0.3) is 0 Å². The molecule has 0 bridgehead atoms. The number of nitrogens with zero attached hydrogens (tertiary/aromatic N) is 1. The van der Waals surface area contributed by atoms with Gasteiger partial charge >= 0.3 is 0 Å². The van der Waals surface area contributed by atoms with Gasteiger partial charge in [0.2, 0.25) is 0 Å². The molecule has 82 valence electrons. The van der Waals surface area contributed by atoms with Gasteiger partial charge in [-0.1, -0.05) is 13.8 Å². The van der Waals surface area contributed by atoms with Crippen LogP contribution < -0.4 is 11.5 Å². The lowest BCUT2D eigenvalue weighted by Gasteiger charge is -2.10. The summed E-state index contributed by atoms with van der Waals surface area (Å²) in [6.45, 7) is 4.18. The van der Waals surface area contributed by atoms with E-state index in [1.165, 1.54) is 0 Å². The maximum atomic E-state index is 10.9. The van der Waals surface area contributed by atoms with Crippen molar-refractivity contribution in [3.8, 4) is 0 Å². The van der Waals surface area contributed by atoms with Gasteiger partial charge in [-0.15, -0.1) is 11.8 Å². The van der Waals surface area contributed by atoms with Gasteiger partial charge in [0.1, 0.15) is 10.7 Å². The Hall–Kier alpha value is -1.23. The molecule has 0 radical (unpaired) electrons. The van der Waals surface area contributed by atoms with Crippen LogP contribution in [-0.4, -0.2) is 16.1 Å². The van der Waals surface area contributed by atoms with E-state index in [2.05, 4.69) is 18.8 Å². The molecule has 1 heterocycles. The zero-order valence-electron chi connectivity index (χ0n) is 8.86. The molecule has 1 atom stereocenters. The van der Waals surface area contributed by atoms with Crippen LogP contribution in [0.2, 0.25) is 0 Å². The number of anilines is 1. The van der Waals surface area contributed by atoms with Crippen LogP contribution in [0, 0.1) is 0 Å². The summed E-state index contributed by atoms with van der Waals surface area (Å²) < 4.78 is 0. The van der Waals surface area contributed by atoms with Gasteiger partial charge in [0.25, 0.3) is 5.91 Å². The van der Waals surface area contributed by atoms with Crippen LogP contribution in [0.15, 0.2) is 17.2 Å². The Balaban J connectivity index is 2.95. The lowest BCUT2D eigenvalue weighted by atomic mass is 10.3. The molecule has 1 rings (SSSR count). The summed E-state index contributed by atoms with van der Waals surface area (Å²) in [5.74, 6) is -0.527. The number of primary amides is 1. The van der Waals surface area contributed by atoms with E-state index in [1.807, 2.05) is 0 Å². The smallest absolute Gasteiger partial charge is 0.267 e. The summed E-state index contributed by atoms with van der Waals surface area (Å²) in [5, 5.41) is 1.10. The number of amides is 1. The highest BCUT2D eigenvalue weighted by molar-refractivity contribution is 8.00. The maximum Gasteiger partial charge on any atom is 0.267 e. The molecule has 0 aromatic carbocycles. The molecule has 0 aliphatic rings. The number of hydrogen-bond donors (Lipinski definition) is 2. The summed E-state index contributed by atoms with van der Waals surface area (Å²) in [4.78, 5) is 15.1. The lowest BCUT2D eigenvalue weighted by molar-refractivity contribution is 0.0995. The molecule has 0 spiro atoms. The lowest BCUT2D eigenvalue weighted by Crippen LogP contribution is -2.14. The predicted octanol–water partition coefficient (Wildman–Crippen LogP) is 1.65. The molecule has 15 heavy (non-hydrogen) atoms. The van der Waals surface area contributed by atoms with Crippen LogP contribution in [0.5, 0.6) is 0 Å². The van der Waals surface area contributed by atoms with Gasteiger partial charge in [-0.25, -0.2) is 4.98 Å². The average Bonchev–Trinajstić information content (AvgIpc) is 2.20. The standard InChI is InChI=1S/C10H15N3OS/c1-3-6(2)15-10-7(11)4-5-8(13-10)9(12)14/h4-6H,3,11H2,1-2H3,(H2,12,14). The number of hydrogen-bond acceptors (Lipinski definition) is 4. The highest BCUT2D eigenvalue weighted by Gasteiger charge is 2.10. The normalized spacial score (nSPS) is 12.4. The molecule has 0 aliphatic carbocycles. The molecule has 0 fully saturated rings. The summed E-state index contributed by atoms with van der Waals surface area (Å²) in [6.07, 6.45) is 1.02. The summed E-state index contributed by atoms with van der Waals surface area (Å²) in [5.41, 5.74) is 11.7. The van der Waals surface area contributed by atoms with E-state index < -0.39 is 5.91 Å². The van der Waals surface area contributed by atoms with E-state index in [0.717, 1.165) is 6.42 Å². The first-order chi connectivity index (χ1) is 7.04. The van der Waals surface area contributed by atoms with Crippen molar-refractivity contribution in [1.29, 1.82) is 0 Å². The minimum Gasteiger partial charge on any atom is -0.397 e. The molecule has 1 aromatic rings. The van der Waals surface area contributed by atoms with Crippen molar-refractivity contribution in [2.24, 2.45) is 5.73 Å². The Kier molecular flexibility index (Phi) is 3.96. The highest BCUT2D eigenvalue weighted by atomic mass is 32.2. The monoisotopic (exact) mass is 225 g/mol. The van der Waals surface area contributed by atoms with Gasteiger partial charge in [-0.2, -0.15) is 0 Å². The molecule has 4 nitrogen and oxygen atoms in total. The summed E-state index contributed by atoms with van der Waals surface area (Å²) in [7, 11) is 0. The zero-order valence-corrected chi connectivity index (χ0v) is 9.67. The number of aromatic nitrogens is 1. The first-order valence-corrected chi connectivity index (χ1v) is 5.65.